The van der Waals surface area contributed by atoms with Gasteiger partial charge >= 0.3 is 0 Å². The van der Waals surface area contributed by atoms with Gasteiger partial charge in [-0.05, 0) is 23.9 Å². The van der Waals surface area contributed by atoms with Crippen LogP contribution >= 0.6 is 0 Å². The Hall–Kier alpha value is -2.03. The molecule has 2 heterocycles. The molecule has 0 saturated heterocycles. The number of fused-ring (bicyclic) bond motifs is 3. The monoisotopic (exact) mass is 455 g/mol. The quantitative estimate of drug-likeness (QED) is 0.394. The summed E-state index contributed by atoms with van der Waals surface area (Å²) in [4.78, 5) is 4.32. The number of rotatable bonds is 1. The van der Waals surface area contributed by atoms with E-state index in [2.05, 4.69) is 11.1 Å². The summed E-state index contributed by atoms with van der Waals surface area (Å²) in [6.07, 6.45) is 1.73. The molecule has 0 atom stereocenters. The van der Waals surface area contributed by atoms with Gasteiger partial charge in [0.05, 0.1) is 5.58 Å². The van der Waals surface area contributed by atoms with Gasteiger partial charge in [0.25, 0.3) is 0 Å². The number of furan rings is 1. The van der Waals surface area contributed by atoms with Crippen molar-refractivity contribution in [2.75, 3.05) is 0 Å². The molecule has 105 valence electrons. The minimum absolute atomic E-state index is 0. The van der Waals surface area contributed by atoms with E-state index in [0.717, 1.165) is 22.0 Å². The molecule has 21 heavy (non-hydrogen) atoms. The maximum Gasteiger partial charge on any atom is 0.126 e. The molecule has 0 aliphatic rings. The van der Waals surface area contributed by atoms with Crippen molar-refractivity contribution in [1.82, 2.24) is 4.98 Å². The Morgan fingerprint density at radius 2 is 1.95 bits per heavy atom. The molecule has 4 rings (SSSR count). The van der Waals surface area contributed by atoms with E-state index in [4.69, 9.17) is 4.42 Å². The first-order valence-electron chi connectivity index (χ1n) is 6.27. The molecule has 0 N–H and O–H groups in total. The van der Waals surface area contributed by atoms with Crippen molar-refractivity contribution >= 4 is 21.9 Å². The molecule has 0 unspecified atom stereocenters. The standard InChI is InChI=1S/C17H9FNO.Ir/c18-11-7-8-12-13-4-3-5-14(15-6-1-2-9-19-15)17(13)20-16(12)10-11;/h1-4,6-10H;/q-1;. The number of aromatic nitrogens is 1. The van der Waals surface area contributed by atoms with Gasteiger partial charge in [-0.25, -0.2) is 4.39 Å². The third kappa shape index (κ3) is 2.27. The van der Waals surface area contributed by atoms with Crippen molar-refractivity contribution in [2.24, 2.45) is 0 Å². The molecule has 0 fully saturated rings. The number of pyridine rings is 1. The molecule has 4 aromatic rings. The molecular weight excluding hydrogens is 445 g/mol. The molecule has 0 spiro atoms. The van der Waals surface area contributed by atoms with Crippen LogP contribution in [0.2, 0.25) is 0 Å². The first kappa shape index (κ1) is 13.9. The van der Waals surface area contributed by atoms with Crippen LogP contribution in [0.4, 0.5) is 4.39 Å². The number of hydrogen-bond acceptors (Lipinski definition) is 2. The van der Waals surface area contributed by atoms with Crippen LogP contribution < -0.4 is 0 Å². The molecule has 0 saturated carbocycles. The molecule has 2 aromatic carbocycles. The van der Waals surface area contributed by atoms with Gasteiger partial charge in [-0.3, -0.25) is 0 Å². The summed E-state index contributed by atoms with van der Waals surface area (Å²) in [7, 11) is 0. The van der Waals surface area contributed by atoms with E-state index in [9.17, 15) is 4.39 Å². The second-order valence-corrected chi connectivity index (χ2v) is 4.55. The van der Waals surface area contributed by atoms with Gasteiger partial charge in [-0.15, -0.1) is 18.2 Å². The third-order valence-corrected chi connectivity index (χ3v) is 3.32. The van der Waals surface area contributed by atoms with Crippen molar-refractivity contribution in [3.63, 3.8) is 0 Å². The second kappa shape index (κ2) is 5.40. The first-order chi connectivity index (χ1) is 9.83. The Bertz CT molecular complexity index is 918. The summed E-state index contributed by atoms with van der Waals surface area (Å²) in [5, 5.41) is 1.84. The fraction of sp³-hybridized carbons (Fsp3) is 0. The Morgan fingerprint density at radius 1 is 1.05 bits per heavy atom. The fourth-order valence-corrected chi connectivity index (χ4v) is 2.42. The zero-order valence-corrected chi connectivity index (χ0v) is 13.2. The average Bonchev–Trinajstić information content (AvgIpc) is 2.85. The summed E-state index contributed by atoms with van der Waals surface area (Å²) in [6, 6.07) is 17.2. The Kier molecular flexibility index (Phi) is 3.58. The van der Waals surface area contributed by atoms with E-state index >= 15 is 0 Å². The SMILES string of the molecule is Fc1ccc2c(c1)oc1c(-c3ccccn3)[c-]ccc12.[Ir]. The van der Waals surface area contributed by atoms with E-state index in [1.165, 1.54) is 12.1 Å². The van der Waals surface area contributed by atoms with Gasteiger partial charge in [0.2, 0.25) is 0 Å². The van der Waals surface area contributed by atoms with E-state index in [1.807, 2.05) is 30.3 Å². The minimum atomic E-state index is -0.306. The molecule has 2 nitrogen and oxygen atoms in total. The van der Waals surface area contributed by atoms with Crippen molar-refractivity contribution < 1.29 is 28.9 Å². The van der Waals surface area contributed by atoms with E-state index in [0.29, 0.717) is 11.2 Å². The molecule has 0 amide bonds. The number of benzene rings is 2. The van der Waals surface area contributed by atoms with Gasteiger partial charge in [-0.1, -0.05) is 23.1 Å². The number of nitrogens with zero attached hydrogens (tertiary/aromatic N) is 1. The van der Waals surface area contributed by atoms with Gasteiger partial charge in [0.1, 0.15) is 11.4 Å². The van der Waals surface area contributed by atoms with Crippen LogP contribution in [0, 0.1) is 11.9 Å². The van der Waals surface area contributed by atoms with Crippen LogP contribution in [0.1, 0.15) is 0 Å². The summed E-state index contributed by atoms with van der Waals surface area (Å²) >= 11 is 0. The van der Waals surface area contributed by atoms with Crippen LogP contribution in [0.15, 0.2) is 59.1 Å². The molecule has 0 aliphatic carbocycles. The van der Waals surface area contributed by atoms with Crippen molar-refractivity contribution in [1.29, 1.82) is 0 Å². The average molecular weight is 454 g/mol. The maximum atomic E-state index is 13.3. The Labute approximate surface area is 134 Å². The Morgan fingerprint density at radius 3 is 2.76 bits per heavy atom. The fourth-order valence-electron chi connectivity index (χ4n) is 2.42. The summed E-state index contributed by atoms with van der Waals surface area (Å²) in [6.45, 7) is 0. The third-order valence-electron chi connectivity index (χ3n) is 3.32. The van der Waals surface area contributed by atoms with E-state index in [1.54, 1.807) is 12.3 Å². The molecule has 4 heteroatoms. The molecule has 0 aliphatic heterocycles. The smallest absolute Gasteiger partial charge is 0.126 e. The van der Waals surface area contributed by atoms with Crippen LogP contribution in [-0.4, -0.2) is 4.98 Å². The minimum Gasteiger partial charge on any atom is -0.500 e. The van der Waals surface area contributed by atoms with Crippen LogP contribution in [0.3, 0.4) is 0 Å². The molecule has 0 bridgehead atoms. The van der Waals surface area contributed by atoms with Crippen molar-refractivity contribution in [3.8, 4) is 11.3 Å². The summed E-state index contributed by atoms with van der Waals surface area (Å²) in [5.41, 5.74) is 2.81. The normalized spacial score (nSPS) is 10.7. The molecule has 2 aromatic heterocycles. The van der Waals surface area contributed by atoms with Gasteiger partial charge in [0.15, 0.2) is 0 Å². The largest absolute Gasteiger partial charge is 0.500 e. The van der Waals surface area contributed by atoms with E-state index in [-0.39, 0.29) is 25.9 Å². The topological polar surface area (TPSA) is 26.0 Å². The van der Waals surface area contributed by atoms with Gasteiger partial charge in [0, 0.05) is 37.8 Å². The van der Waals surface area contributed by atoms with E-state index < -0.39 is 0 Å². The molecular formula is C17H9FIrNO-. The summed E-state index contributed by atoms with van der Waals surface area (Å²) in [5.74, 6) is -0.306. The maximum absolute atomic E-state index is 13.3. The number of hydrogen-bond donors (Lipinski definition) is 0. The van der Waals surface area contributed by atoms with Gasteiger partial charge < -0.3 is 9.40 Å². The summed E-state index contributed by atoms with van der Waals surface area (Å²) < 4.78 is 19.1. The number of halogens is 1. The zero-order chi connectivity index (χ0) is 13.5. The zero-order valence-electron chi connectivity index (χ0n) is 10.8. The Balaban J connectivity index is 0.00000132. The van der Waals surface area contributed by atoms with Crippen LogP contribution in [0.25, 0.3) is 33.2 Å². The van der Waals surface area contributed by atoms with Gasteiger partial charge in [-0.2, -0.15) is 0 Å². The van der Waals surface area contributed by atoms with Crippen molar-refractivity contribution in [3.05, 3.63) is 66.6 Å². The molecule has 1 radical (unpaired) electrons. The van der Waals surface area contributed by atoms with Crippen molar-refractivity contribution in [2.45, 2.75) is 0 Å². The van der Waals surface area contributed by atoms with Crippen LogP contribution in [0.5, 0.6) is 0 Å². The predicted molar refractivity (Wildman–Crippen MR) is 75.7 cm³/mol. The first-order valence-corrected chi connectivity index (χ1v) is 6.27. The van der Waals surface area contributed by atoms with Crippen LogP contribution in [-0.2, 0) is 20.1 Å². The second-order valence-electron chi connectivity index (χ2n) is 4.55. The predicted octanol–water partition coefficient (Wildman–Crippen LogP) is 4.58.